The Morgan fingerprint density at radius 3 is 2.58 bits per heavy atom. The number of aromatic nitrogens is 2. The van der Waals surface area contributed by atoms with Crippen LogP contribution in [-0.4, -0.2) is 30.8 Å². The summed E-state index contributed by atoms with van der Waals surface area (Å²) in [4.78, 5) is 27.8. The zero-order valence-corrected chi connectivity index (χ0v) is 12.1. The van der Waals surface area contributed by atoms with Crippen LogP contribution >= 0.6 is 0 Å². The number of fused-ring (bicyclic) bond motifs is 1. The van der Waals surface area contributed by atoms with Crippen molar-refractivity contribution in [3.63, 3.8) is 0 Å². The average Bonchev–Trinajstić information content (AvgIpc) is 2.50. The van der Waals surface area contributed by atoms with Crippen molar-refractivity contribution in [3.8, 4) is 22.8 Å². The van der Waals surface area contributed by atoms with Gasteiger partial charge in [0.2, 0.25) is 0 Å². The predicted molar refractivity (Wildman–Crippen MR) is 82.4 cm³/mol. The van der Waals surface area contributed by atoms with Crippen LogP contribution < -0.4 is 5.56 Å². The number of halogens is 1. The van der Waals surface area contributed by atoms with Crippen LogP contribution in [0.15, 0.2) is 41.2 Å². The standard InChI is InChI=1S/C16H11FN2O5/c17-8-1-4-11-12(5-8)19(7-14(22)23)16(24)15(18-11)10-3-2-9(20)6-13(10)21/h1-6,20-21H,7H2,(H,22,23). The van der Waals surface area contributed by atoms with E-state index >= 15 is 0 Å². The first-order valence-electron chi connectivity index (χ1n) is 6.81. The van der Waals surface area contributed by atoms with Crippen LogP contribution in [0.2, 0.25) is 0 Å². The molecule has 122 valence electrons. The molecule has 8 heteroatoms. The number of nitrogens with zero attached hydrogens (tertiary/aromatic N) is 2. The number of carboxylic acids is 1. The van der Waals surface area contributed by atoms with Crippen molar-refractivity contribution in [2.75, 3.05) is 0 Å². The van der Waals surface area contributed by atoms with Crippen LogP contribution in [0.3, 0.4) is 0 Å². The summed E-state index contributed by atoms with van der Waals surface area (Å²) < 4.78 is 14.3. The lowest BCUT2D eigenvalue weighted by Crippen LogP contribution is -2.27. The van der Waals surface area contributed by atoms with E-state index in [1.165, 1.54) is 18.2 Å². The molecule has 7 nitrogen and oxygen atoms in total. The molecule has 0 spiro atoms. The number of benzene rings is 2. The molecule has 1 aromatic heterocycles. The molecule has 0 radical (unpaired) electrons. The Labute approximate surface area is 133 Å². The molecule has 0 aliphatic rings. The maximum atomic E-state index is 13.5. The van der Waals surface area contributed by atoms with Crippen molar-refractivity contribution in [2.45, 2.75) is 6.54 Å². The van der Waals surface area contributed by atoms with Gasteiger partial charge in [-0.1, -0.05) is 0 Å². The van der Waals surface area contributed by atoms with E-state index in [-0.39, 0.29) is 33.8 Å². The number of carbonyl (C=O) groups is 1. The molecule has 0 amide bonds. The minimum atomic E-state index is -1.28. The normalized spacial score (nSPS) is 10.9. The van der Waals surface area contributed by atoms with Crippen LogP contribution in [0.1, 0.15) is 0 Å². The van der Waals surface area contributed by atoms with E-state index in [2.05, 4.69) is 4.98 Å². The minimum absolute atomic E-state index is 0.0307. The number of hydrogen-bond donors (Lipinski definition) is 3. The molecule has 0 saturated heterocycles. The molecule has 0 unspecified atom stereocenters. The number of carboxylic acid groups (broad SMARTS) is 1. The van der Waals surface area contributed by atoms with Gasteiger partial charge in [0, 0.05) is 11.6 Å². The lowest BCUT2D eigenvalue weighted by atomic mass is 10.1. The molecule has 24 heavy (non-hydrogen) atoms. The third-order valence-corrected chi connectivity index (χ3v) is 3.44. The van der Waals surface area contributed by atoms with E-state index in [0.717, 1.165) is 22.8 Å². The fourth-order valence-corrected chi connectivity index (χ4v) is 2.40. The highest BCUT2D eigenvalue weighted by molar-refractivity contribution is 5.81. The summed E-state index contributed by atoms with van der Waals surface area (Å²) in [7, 11) is 0. The quantitative estimate of drug-likeness (QED) is 0.674. The number of rotatable bonds is 3. The van der Waals surface area contributed by atoms with Gasteiger partial charge in [-0.2, -0.15) is 0 Å². The maximum Gasteiger partial charge on any atom is 0.323 e. The van der Waals surface area contributed by atoms with Gasteiger partial charge in [-0.25, -0.2) is 9.37 Å². The summed E-state index contributed by atoms with van der Waals surface area (Å²) in [5.41, 5.74) is -0.739. The van der Waals surface area contributed by atoms with Gasteiger partial charge in [0.05, 0.1) is 11.0 Å². The Morgan fingerprint density at radius 1 is 1.17 bits per heavy atom. The lowest BCUT2D eigenvalue weighted by molar-refractivity contribution is -0.137. The van der Waals surface area contributed by atoms with Crippen LogP contribution in [0.5, 0.6) is 11.5 Å². The Balaban J connectivity index is 2.37. The van der Waals surface area contributed by atoms with Crippen molar-refractivity contribution < 1.29 is 24.5 Å². The van der Waals surface area contributed by atoms with Gasteiger partial charge < -0.3 is 15.3 Å². The molecule has 0 saturated carbocycles. The zero-order valence-electron chi connectivity index (χ0n) is 12.1. The molecule has 2 aromatic carbocycles. The van der Waals surface area contributed by atoms with E-state index in [4.69, 9.17) is 5.11 Å². The second kappa shape index (κ2) is 5.65. The van der Waals surface area contributed by atoms with E-state index in [9.17, 15) is 24.2 Å². The highest BCUT2D eigenvalue weighted by atomic mass is 19.1. The van der Waals surface area contributed by atoms with Gasteiger partial charge in [-0.05, 0) is 30.3 Å². The summed E-state index contributed by atoms with van der Waals surface area (Å²) in [6, 6.07) is 7.04. The number of phenolic OH excluding ortho intramolecular Hbond substituents is 2. The summed E-state index contributed by atoms with van der Waals surface area (Å²) in [5, 5.41) is 28.3. The van der Waals surface area contributed by atoms with Crippen molar-refractivity contribution in [3.05, 3.63) is 52.6 Å². The summed E-state index contributed by atoms with van der Waals surface area (Å²) in [6.45, 7) is -0.687. The van der Waals surface area contributed by atoms with Gasteiger partial charge in [0.1, 0.15) is 29.6 Å². The molecule has 3 aromatic rings. The highest BCUT2D eigenvalue weighted by Gasteiger charge is 2.17. The first kappa shape index (κ1) is 15.5. The number of aliphatic carboxylic acids is 1. The van der Waals surface area contributed by atoms with Gasteiger partial charge in [0.25, 0.3) is 5.56 Å². The van der Waals surface area contributed by atoms with Crippen molar-refractivity contribution in [1.82, 2.24) is 9.55 Å². The Morgan fingerprint density at radius 2 is 1.92 bits per heavy atom. The first-order chi connectivity index (χ1) is 11.4. The van der Waals surface area contributed by atoms with Crippen molar-refractivity contribution in [2.24, 2.45) is 0 Å². The number of hydrogen-bond acceptors (Lipinski definition) is 5. The van der Waals surface area contributed by atoms with Gasteiger partial charge in [0.15, 0.2) is 0 Å². The molecule has 1 heterocycles. The fraction of sp³-hybridized carbons (Fsp3) is 0.0625. The smallest absolute Gasteiger partial charge is 0.323 e. The number of phenols is 2. The molecule has 0 bridgehead atoms. The Kier molecular flexibility index (Phi) is 3.64. The second-order valence-corrected chi connectivity index (χ2v) is 5.08. The summed E-state index contributed by atoms with van der Waals surface area (Å²) in [5.74, 6) is -2.51. The van der Waals surface area contributed by atoms with E-state index < -0.39 is 23.9 Å². The molecule has 0 fully saturated rings. The molecule has 3 rings (SSSR count). The van der Waals surface area contributed by atoms with Crippen LogP contribution in [-0.2, 0) is 11.3 Å². The van der Waals surface area contributed by atoms with Crippen LogP contribution in [0.4, 0.5) is 4.39 Å². The molecular weight excluding hydrogens is 319 g/mol. The van der Waals surface area contributed by atoms with Gasteiger partial charge in [-0.3, -0.25) is 14.2 Å². The third-order valence-electron chi connectivity index (χ3n) is 3.44. The molecule has 0 aliphatic heterocycles. The summed E-state index contributed by atoms with van der Waals surface area (Å²) >= 11 is 0. The first-order valence-corrected chi connectivity index (χ1v) is 6.81. The topological polar surface area (TPSA) is 113 Å². The Hall–Kier alpha value is -3.42. The predicted octanol–water partition coefficient (Wildman–Crippen LogP) is 1.70. The monoisotopic (exact) mass is 330 g/mol. The van der Waals surface area contributed by atoms with E-state index in [0.29, 0.717) is 0 Å². The Bertz CT molecular complexity index is 1030. The molecule has 3 N–H and O–H groups in total. The average molecular weight is 330 g/mol. The van der Waals surface area contributed by atoms with Crippen molar-refractivity contribution >= 4 is 17.0 Å². The largest absolute Gasteiger partial charge is 0.508 e. The fourth-order valence-electron chi connectivity index (χ4n) is 2.40. The number of aromatic hydroxyl groups is 2. The zero-order chi connectivity index (χ0) is 17.4. The molecular formula is C16H11FN2O5. The van der Waals surface area contributed by atoms with Crippen molar-refractivity contribution in [1.29, 1.82) is 0 Å². The minimum Gasteiger partial charge on any atom is -0.508 e. The van der Waals surface area contributed by atoms with E-state index in [1.54, 1.807) is 0 Å². The van der Waals surface area contributed by atoms with E-state index in [1.807, 2.05) is 0 Å². The third kappa shape index (κ3) is 2.65. The molecule has 0 aliphatic carbocycles. The highest BCUT2D eigenvalue weighted by Crippen LogP contribution is 2.30. The SMILES string of the molecule is O=C(O)Cn1c(=O)c(-c2ccc(O)cc2O)nc2ccc(F)cc21. The molecule has 0 atom stereocenters. The second-order valence-electron chi connectivity index (χ2n) is 5.08. The van der Waals surface area contributed by atoms with Gasteiger partial charge >= 0.3 is 5.97 Å². The maximum absolute atomic E-state index is 13.5. The lowest BCUT2D eigenvalue weighted by Gasteiger charge is -2.11. The van der Waals surface area contributed by atoms with Crippen LogP contribution in [0.25, 0.3) is 22.3 Å². The summed E-state index contributed by atoms with van der Waals surface area (Å²) in [6.07, 6.45) is 0. The van der Waals surface area contributed by atoms with Crippen LogP contribution in [0, 0.1) is 5.82 Å². The van der Waals surface area contributed by atoms with Gasteiger partial charge in [-0.15, -0.1) is 0 Å².